The van der Waals surface area contributed by atoms with Crippen LogP contribution < -0.4 is 15.0 Å². The van der Waals surface area contributed by atoms with Crippen molar-refractivity contribution >= 4 is 32.6 Å². The molecule has 11 nitrogen and oxygen atoms in total. The molecule has 1 aliphatic rings. The van der Waals surface area contributed by atoms with Gasteiger partial charge in [0.1, 0.15) is 17.9 Å². The van der Waals surface area contributed by atoms with Crippen molar-refractivity contribution in [1.29, 1.82) is 0 Å². The van der Waals surface area contributed by atoms with Crippen molar-refractivity contribution in [3.05, 3.63) is 66.6 Å². The number of benzene rings is 2. The van der Waals surface area contributed by atoms with Crippen LogP contribution in [0.1, 0.15) is 12.5 Å². The van der Waals surface area contributed by atoms with Gasteiger partial charge in [-0.3, -0.25) is 0 Å². The fraction of sp³-hybridized carbons (Fsp3) is 0.393. The lowest BCUT2D eigenvalue weighted by Gasteiger charge is -2.34. The van der Waals surface area contributed by atoms with Gasteiger partial charge in [-0.25, -0.2) is 23.1 Å². The molecule has 0 spiro atoms. The number of anilines is 2. The Balaban J connectivity index is 1.25. The first kappa shape index (κ1) is 27.8. The van der Waals surface area contributed by atoms with Gasteiger partial charge in [0.2, 0.25) is 10.0 Å². The van der Waals surface area contributed by atoms with E-state index in [0.717, 1.165) is 46.9 Å². The monoisotopic (exact) mass is 564 g/mol. The van der Waals surface area contributed by atoms with Gasteiger partial charge in [-0.1, -0.05) is 12.1 Å². The van der Waals surface area contributed by atoms with E-state index in [0.29, 0.717) is 44.2 Å². The Morgan fingerprint density at radius 2 is 1.80 bits per heavy atom. The molecule has 12 heteroatoms. The second-order valence-electron chi connectivity index (χ2n) is 9.96. The fourth-order valence-electron chi connectivity index (χ4n) is 4.78. The number of likely N-dealkylation sites (N-methyl/N-ethyl adjacent to an activating group) is 1. The summed E-state index contributed by atoms with van der Waals surface area (Å²) in [5.41, 5.74) is 2.70. The molecule has 0 atom stereocenters. The molecule has 0 aliphatic carbocycles. The van der Waals surface area contributed by atoms with Gasteiger partial charge in [-0.2, -0.15) is 9.40 Å². The number of fused-ring (bicyclic) bond motifs is 1. The van der Waals surface area contributed by atoms with E-state index in [-0.39, 0.29) is 0 Å². The molecule has 1 N–H and O–H groups in total. The third kappa shape index (κ3) is 6.19. The lowest BCUT2D eigenvalue weighted by Crippen LogP contribution is -2.49. The van der Waals surface area contributed by atoms with Crippen LogP contribution in [0.4, 0.5) is 11.5 Å². The molecule has 4 aromatic rings. The summed E-state index contributed by atoms with van der Waals surface area (Å²) in [6.45, 7) is 6.60. The molecule has 3 heterocycles. The lowest BCUT2D eigenvalue weighted by molar-refractivity contribution is 0.340. The average Bonchev–Trinajstić information content (AvgIpc) is 3.36. The van der Waals surface area contributed by atoms with Crippen LogP contribution in [0.25, 0.3) is 11.0 Å². The Labute approximate surface area is 235 Å². The van der Waals surface area contributed by atoms with E-state index in [4.69, 9.17) is 4.74 Å². The molecule has 0 bridgehead atoms. The van der Waals surface area contributed by atoms with Crippen molar-refractivity contribution in [2.45, 2.75) is 18.4 Å². The summed E-state index contributed by atoms with van der Waals surface area (Å²) in [4.78, 5) is 13.5. The first-order valence-corrected chi connectivity index (χ1v) is 14.9. The highest BCUT2D eigenvalue weighted by atomic mass is 32.2. The topological polar surface area (TPSA) is 109 Å². The van der Waals surface area contributed by atoms with E-state index in [1.165, 1.54) is 0 Å². The van der Waals surface area contributed by atoms with Gasteiger partial charge in [0.25, 0.3) is 0 Å². The van der Waals surface area contributed by atoms with Gasteiger partial charge in [-0.05, 0) is 63.0 Å². The van der Waals surface area contributed by atoms with Gasteiger partial charge < -0.3 is 19.9 Å². The maximum absolute atomic E-state index is 13.3. The first-order valence-electron chi connectivity index (χ1n) is 13.5. The number of rotatable bonds is 11. The Morgan fingerprint density at radius 3 is 2.52 bits per heavy atom. The molecular formula is C28H36N8O3S. The van der Waals surface area contributed by atoms with Crippen LogP contribution in [0.2, 0.25) is 0 Å². The molecule has 0 unspecified atom stereocenters. The number of hydrogen-bond donors (Lipinski definition) is 1. The van der Waals surface area contributed by atoms with E-state index >= 15 is 0 Å². The SMILES string of the molecule is CCOc1cccc(Cn2ncc3c(N4CCN(S(=O)(=O)c5ccc(NCCN(C)C)cc5)CC4)ncnc32)c1. The Bertz CT molecular complexity index is 1530. The van der Waals surface area contributed by atoms with Crippen molar-refractivity contribution in [2.75, 3.05) is 70.2 Å². The van der Waals surface area contributed by atoms with Gasteiger partial charge in [0.05, 0.1) is 29.6 Å². The Kier molecular flexibility index (Phi) is 8.48. The van der Waals surface area contributed by atoms with E-state index < -0.39 is 10.0 Å². The van der Waals surface area contributed by atoms with Crippen molar-refractivity contribution in [2.24, 2.45) is 0 Å². The second-order valence-corrected chi connectivity index (χ2v) is 11.9. The van der Waals surface area contributed by atoms with Crippen LogP contribution in [0.15, 0.2) is 66.0 Å². The minimum Gasteiger partial charge on any atom is -0.494 e. The predicted molar refractivity (Wildman–Crippen MR) is 156 cm³/mol. The number of nitrogens with one attached hydrogen (secondary N) is 1. The highest BCUT2D eigenvalue weighted by Crippen LogP contribution is 2.26. The quantitative estimate of drug-likeness (QED) is 0.294. The summed E-state index contributed by atoms with van der Waals surface area (Å²) >= 11 is 0. The summed E-state index contributed by atoms with van der Waals surface area (Å²) in [5.74, 6) is 1.59. The number of hydrogen-bond acceptors (Lipinski definition) is 9. The maximum atomic E-state index is 13.3. The minimum atomic E-state index is -3.59. The third-order valence-electron chi connectivity index (χ3n) is 6.87. The molecule has 40 heavy (non-hydrogen) atoms. The fourth-order valence-corrected chi connectivity index (χ4v) is 6.20. The van der Waals surface area contributed by atoms with Crippen LogP contribution in [0.5, 0.6) is 5.75 Å². The standard InChI is InChI=1S/C28H36N8O3S/c1-4-39-24-7-5-6-22(18-24)20-36-28-26(19-32-36)27(30-21-31-28)34-14-16-35(17-15-34)40(37,38)25-10-8-23(9-11-25)29-12-13-33(2)3/h5-11,18-19,21,29H,4,12-17,20H2,1-3H3. The summed E-state index contributed by atoms with van der Waals surface area (Å²) in [7, 11) is 0.444. The van der Waals surface area contributed by atoms with E-state index in [2.05, 4.69) is 30.2 Å². The largest absolute Gasteiger partial charge is 0.494 e. The molecule has 1 aliphatic heterocycles. The molecule has 1 saturated heterocycles. The molecule has 0 radical (unpaired) electrons. The van der Waals surface area contributed by atoms with E-state index in [1.54, 1.807) is 29.0 Å². The van der Waals surface area contributed by atoms with Crippen molar-refractivity contribution in [3.8, 4) is 5.75 Å². The normalized spacial score (nSPS) is 14.7. The number of ether oxygens (including phenoxy) is 1. The molecule has 2 aromatic carbocycles. The first-order chi connectivity index (χ1) is 19.3. The zero-order valence-corrected chi connectivity index (χ0v) is 24.0. The summed E-state index contributed by atoms with van der Waals surface area (Å²) in [6.07, 6.45) is 3.33. The minimum absolute atomic E-state index is 0.304. The third-order valence-corrected chi connectivity index (χ3v) is 8.79. The number of nitrogens with zero attached hydrogens (tertiary/aromatic N) is 7. The van der Waals surface area contributed by atoms with Gasteiger partial charge in [0, 0.05) is 45.0 Å². The molecule has 0 amide bonds. The maximum Gasteiger partial charge on any atom is 0.243 e. The molecule has 0 saturated carbocycles. The highest BCUT2D eigenvalue weighted by molar-refractivity contribution is 7.89. The Hall–Kier alpha value is -3.74. The van der Waals surface area contributed by atoms with Crippen LogP contribution in [0.3, 0.4) is 0 Å². The van der Waals surface area contributed by atoms with Crippen LogP contribution in [-0.2, 0) is 16.6 Å². The number of piperazine rings is 1. The zero-order valence-electron chi connectivity index (χ0n) is 23.2. The van der Waals surface area contributed by atoms with Gasteiger partial charge >= 0.3 is 0 Å². The molecular weight excluding hydrogens is 528 g/mol. The van der Waals surface area contributed by atoms with Crippen LogP contribution in [-0.4, -0.2) is 97.3 Å². The van der Waals surface area contributed by atoms with Gasteiger partial charge in [-0.15, -0.1) is 0 Å². The predicted octanol–water partition coefficient (Wildman–Crippen LogP) is 2.76. The number of sulfonamides is 1. The van der Waals surface area contributed by atoms with Crippen molar-refractivity contribution in [1.82, 2.24) is 29.0 Å². The molecule has 1 fully saturated rings. The Morgan fingerprint density at radius 1 is 1.02 bits per heavy atom. The van der Waals surface area contributed by atoms with Crippen LogP contribution >= 0.6 is 0 Å². The average molecular weight is 565 g/mol. The van der Waals surface area contributed by atoms with Crippen molar-refractivity contribution < 1.29 is 13.2 Å². The summed E-state index contributed by atoms with van der Waals surface area (Å²) in [5, 5.41) is 8.74. The number of aromatic nitrogens is 4. The molecule has 2 aromatic heterocycles. The second kappa shape index (κ2) is 12.2. The van der Waals surface area contributed by atoms with E-state index in [9.17, 15) is 8.42 Å². The van der Waals surface area contributed by atoms with Crippen molar-refractivity contribution in [3.63, 3.8) is 0 Å². The molecule has 5 rings (SSSR count). The van der Waals surface area contributed by atoms with E-state index in [1.807, 2.05) is 62.1 Å². The van der Waals surface area contributed by atoms with Gasteiger partial charge in [0.15, 0.2) is 5.65 Å². The smallest absolute Gasteiger partial charge is 0.243 e. The van der Waals surface area contributed by atoms with Crippen LogP contribution in [0, 0.1) is 0 Å². The zero-order chi connectivity index (χ0) is 28.1. The lowest BCUT2D eigenvalue weighted by atomic mass is 10.2. The summed E-state index contributed by atoms with van der Waals surface area (Å²) < 4.78 is 35.7. The summed E-state index contributed by atoms with van der Waals surface area (Å²) in [6, 6.07) is 14.9. The highest BCUT2D eigenvalue weighted by Gasteiger charge is 2.30. The molecule has 212 valence electrons.